The highest BCUT2D eigenvalue weighted by molar-refractivity contribution is 5.74. The molecule has 1 fully saturated rings. The minimum atomic E-state index is -0.852. The second kappa shape index (κ2) is 7.02. The van der Waals surface area contributed by atoms with Crippen molar-refractivity contribution in [3.05, 3.63) is 0 Å². The number of hydrogen-bond acceptors (Lipinski definition) is 4. The van der Waals surface area contributed by atoms with E-state index in [0.29, 0.717) is 6.61 Å². The van der Waals surface area contributed by atoms with Crippen LogP contribution in [0.15, 0.2) is 0 Å². The van der Waals surface area contributed by atoms with Crippen molar-refractivity contribution in [2.45, 2.75) is 18.9 Å². The van der Waals surface area contributed by atoms with Crippen molar-refractivity contribution in [2.75, 3.05) is 19.8 Å². The van der Waals surface area contributed by atoms with Gasteiger partial charge in [-0.2, -0.15) is 0 Å². The molecular formula is C7H14O5. The van der Waals surface area contributed by atoms with Crippen LogP contribution in [0.5, 0.6) is 0 Å². The van der Waals surface area contributed by atoms with Gasteiger partial charge in [-0.05, 0) is 12.8 Å². The molecule has 1 heterocycles. The first-order valence-electron chi connectivity index (χ1n) is 3.78. The molecule has 0 bridgehead atoms. The molecule has 12 heavy (non-hydrogen) atoms. The number of aliphatic carboxylic acids is 1. The van der Waals surface area contributed by atoms with E-state index in [-0.39, 0.29) is 13.2 Å². The average molecular weight is 178 g/mol. The first kappa shape index (κ1) is 11.4. The molecule has 72 valence electrons. The number of ether oxygens (including phenoxy) is 1. The zero-order valence-corrected chi connectivity index (χ0v) is 6.77. The molecule has 3 N–H and O–H groups in total. The fourth-order valence-corrected chi connectivity index (χ4v) is 0.414. The van der Waals surface area contributed by atoms with Gasteiger partial charge in [0.15, 0.2) is 6.10 Å². The SMILES string of the molecule is O=C(O)C1CO1.OCCCCO. The Balaban J connectivity index is 0.000000202. The number of rotatable bonds is 4. The normalized spacial score (nSPS) is 19.3. The molecule has 0 radical (unpaired) electrons. The van der Waals surface area contributed by atoms with Crippen LogP contribution in [0, 0.1) is 0 Å². The Morgan fingerprint density at radius 3 is 1.83 bits per heavy atom. The third kappa shape index (κ3) is 7.46. The Morgan fingerprint density at radius 2 is 1.75 bits per heavy atom. The fourth-order valence-electron chi connectivity index (χ4n) is 0.414. The third-order valence-electron chi connectivity index (χ3n) is 1.17. The zero-order valence-electron chi connectivity index (χ0n) is 6.77. The maximum Gasteiger partial charge on any atom is 0.335 e. The van der Waals surface area contributed by atoms with E-state index in [1.165, 1.54) is 0 Å². The van der Waals surface area contributed by atoms with Crippen LogP contribution in [-0.4, -0.2) is 47.2 Å². The number of epoxide rings is 1. The van der Waals surface area contributed by atoms with Crippen LogP contribution in [0.25, 0.3) is 0 Å². The topological polar surface area (TPSA) is 90.3 Å². The summed E-state index contributed by atoms with van der Waals surface area (Å²) in [6.07, 6.45) is 0.956. The van der Waals surface area contributed by atoms with Gasteiger partial charge in [0.1, 0.15) is 0 Å². The summed E-state index contributed by atoms with van der Waals surface area (Å²) in [5.74, 6) is -0.852. The van der Waals surface area contributed by atoms with Crippen LogP contribution in [0.3, 0.4) is 0 Å². The summed E-state index contributed by atoms with van der Waals surface area (Å²) in [4.78, 5) is 9.64. The molecule has 0 aromatic rings. The van der Waals surface area contributed by atoms with Crippen LogP contribution >= 0.6 is 0 Å². The summed E-state index contributed by atoms with van der Waals surface area (Å²) in [5, 5.41) is 24.1. The van der Waals surface area contributed by atoms with E-state index >= 15 is 0 Å². The van der Waals surface area contributed by atoms with E-state index in [1.807, 2.05) is 0 Å². The fraction of sp³-hybridized carbons (Fsp3) is 0.857. The standard InChI is InChI=1S/C4H10O2.C3H4O3/c5-3-1-2-4-6;4-3(5)2-1-6-2/h5-6H,1-4H2;2H,1H2,(H,4,5). The van der Waals surface area contributed by atoms with Gasteiger partial charge in [0.05, 0.1) is 6.61 Å². The molecule has 5 nitrogen and oxygen atoms in total. The van der Waals surface area contributed by atoms with Crippen LogP contribution in [0.1, 0.15) is 12.8 Å². The summed E-state index contributed by atoms with van der Waals surface area (Å²) in [7, 11) is 0. The van der Waals surface area contributed by atoms with Crippen molar-refractivity contribution in [2.24, 2.45) is 0 Å². The Kier molecular flexibility index (Phi) is 6.64. The molecule has 0 saturated carbocycles. The minimum absolute atomic E-state index is 0.195. The molecule has 1 atom stereocenters. The zero-order chi connectivity index (χ0) is 9.40. The highest BCUT2D eigenvalue weighted by atomic mass is 16.6. The number of aliphatic hydroxyl groups excluding tert-OH is 2. The van der Waals surface area contributed by atoms with Gasteiger partial charge in [-0.25, -0.2) is 4.79 Å². The number of carbonyl (C=O) groups is 1. The molecule has 1 aliphatic rings. The average Bonchev–Trinajstić information content (AvgIpc) is 2.83. The third-order valence-corrected chi connectivity index (χ3v) is 1.17. The lowest BCUT2D eigenvalue weighted by molar-refractivity contribution is -0.138. The van der Waals surface area contributed by atoms with Crippen LogP contribution in [0.4, 0.5) is 0 Å². The van der Waals surface area contributed by atoms with Gasteiger partial charge in [0.25, 0.3) is 0 Å². The summed E-state index contributed by atoms with van der Waals surface area (Å²) in [6, 6.07) is 0. The number of aliphatic hydroxyl groups is 2. The number of hydrogen-bond donors (Lipinski definition) is 3. The van der Waals surface area contributed by atoms with E-state index in [0.717, 1.165) is 12.8 Å². The van der Waals surface area contributed by atoms with Crippen LogP contribution < -0.4 is 0 Å². The predicted molar refractivity (Wildman–Crippen MR) is 40.8 cm³/mol. The molecule has 1 rings (SSSR count). The van der Waals surface area contributed by atoms with Gasteiger partial charge in [-0.1, -0.05) is 0 Å². The number of carboxylic acids is 1. The highest BCUT2D eigenvalue weighted by Gasteiger charge is 2.30. The number of carboxylic acid groups (broad SMARTS) is 1. The van der Waals surface area contributed by atoms with E-state index in [2.05, 4.69) is 4.74 Å². The van der Waals surface area contributed by atoms with Gasteiger partial charge in [-0.3, -0.25) is 0 Å². The predicted octanol–water partition coefficient (Wildman–Crippen LogP) is -0.779. The van der Waals surface area contributed by atoms with E-state index in [9.17, 15) is 4.79 Å². The second-order valence-corrected chi connectivity index (χ2v) is 2.31. The molecule has 1 saturated heterocycles. The molecule has 0 aliphatic carbocycles. The second-order valence-electron chi connectivity index (χ2n) is 2.31. The van der Waals surface area contributed by atoms with Crippen molar-refractivity contribution in [1.82, 2.24) is 0 Å². The van der Waals surface area contributed by atoms with Gasteiger partial charge >= 0.3 is 5.97 Å². The Morgan fingerprint density at radius 1 is 1.33 bits per heavy atom. The van der Waals surface area contributed by atoms with Gasteiger partial charge < -0.3 is 20.1 Å². The molecule has 1 unspecified atom stereocenters. The summed E-state index contributed by atoms with van der Waals surface area (Å²) >= 11 is 0. The molecular weight excluding hydrogens is 164 g/mol. The van der Waals surface area contributed by atoms with E-state index in [4.69, 9.17) is 15.3 Å². The first-order valence-corrected chi connectivity index (χ1v) is 3.78. The Hall–Kier alpha value is -0.650. The largest absolute Gasteiger partial charge is 0.479 e. The van der Waals surface area contributed by atoms with Crippen molar-refractivity contribution in [1.29, 1.82) is 0 Å². The smallest absolute Gasteiger partial charge is 0.335 e. The molecule has 0 spiro atoms. The quantitative estimate of drug-likeness (QED) is 0.388. The number of unbranched alkanes of at least 4 members (excludes halogenated alkanes) is 1. The highest BCUT2D eigenvalue weighted by Crippen LogP contribution is 2.06. The summed E-state index contributed by atoms with van der Waals surface area (Å²) in [6.45, 7) is 0.788. The molecule has 1 aliphatic heterocycles. The maximum atomic E-state index is 9.64. The monoisotopic (exact) mass is 178 g/mol. The van der Waals surface area contributed by atoms with Crippen LogP contribution in [-0.2, 0) is 9.53 Å². The van der Waals surface area contributed by atoms with Crippen molar-refractivity contribution >= 4 is 5.97 Å². The van der Waals surface area contributed by atoms with Gasteiger partial charge in [0, 0.05) is 13.2 Å². The van der Waals surface area contributed by atoms with Gasteiger partial charge in [-0.15, -0.1) is 0 Å². The maximum absolute atomic E-state index is 9.64. The Bertz CT molecular complexity index is 117. The molecule has 0 amide bonds. The lowest BCUT2D eigenvalue weighted by atomic mass is 10.3. The van der Waals surface area contributed by atoms with Crippen molar-refractivity contribution < 1.29 is 24.9 Å². The van der Waals surface area contributed by atoms with Crippen molar-refractivity contribution in [3.63, 3.8) is 0 Å². The minimum Gasteiger partial charge on any atom is -0.479 e. The summed E-state index contributed by atoms with van der Waals surface area (Å²) < 4.78 is 4.37. The van der Waals surface area contributed by atoms with E-state index < -0.39 is 12.1 Å². The molecule has 0 aromatic carbocycles. The van der Waals surface area contributed by atoms with Crippen molar-refractivity contribution in [3.8, 4) is 0 Å². The Labute approximate surface area is 70.6 Å². The van der Waals surface area contributed by atoms with Gasteiger partial charge in [0.2, 0.25) is 0 Å². The lowest BCUT2D eigenvalue weighted by Crippen LogP contribution is -2.02. The van der Waals surface area contributed by atoms with Crippen LogP contribution in [0.2, 0.25) is 0 Å². The first-order chi connectivity index (χ1) is 5.72. The lowest BCUT2D eigenvalue weighted by Gasteiger charge is -1.85. The summed E-state index contributed by atoms with van der Waals surface area (Å²) in [5.41, 5.74) is 0. The van der Waals surface area contributed by atoms with E-state index in [1.54, 1.807) is 0 Å². The molecule has 0 aromatic heterocycles. The molecule has 5 heteroatoms.